The Morgan fingerprint density at radius 3 is 3.06 bits per heavy atom. The summed E-state index contributed by atoms with van der Waals surface area (Å²) in [6, 6.07) is 8.14. The van der Waals surface area contributed by atoms with Crippen LogP contribution in [0, 0.1) is 0 Å². The highest BCUT2D eigenvalue weighted by Gasteiger charge is 2.23. The fourth-order valence-corrected chi connectivity index (χ4v) is 2.79. The second-order valence-electron chi connectivity index (χ2n) is 4.81. The molecule has 0 fully saturated rings. The van der Waals surface area contributed by atoms with Crippen LogP contribution in [0.4, 0.5) is 5.69 Å². The predicted octanol–water partition coefficient (Wildman–Crippen LogP) is 3.04. The van der Waals surface area contributed by atoms with E-state index in [2.05, 4.69) is 23.3 Å². The summed E-state index contributed by atoms with van der Waals surface area (Å²) in [5, 5.41) is 14.7. The van der Waals surface area contributed by atoms with Crippen LogP contribution in [0.3, 0.4) is 0 Å². The van der Waals surface area contributed by atoms with Gasteiger partial charge in [-0.25, -0.2) is 4.98 Å². The van der Waals surface area contributed by atoms with Crippen LogP contribution in [0.5, 0.6) is 0 Å². The number of anilines is 1. The van der Waals surface area contributed by atoms with Gasteiger partial charge in [0.05, 0.1) is 17.3 Å². The lowest BCUT2D eigenvalue weighted by Crippen LogP contribution is -2.15. The van der Waals surface area contributed by atoms with E-state index in [0.29, 0.717) is 0 Å². The fourth-order valence-electron chi connectivity index (χ4n) is 2.79. The molecular formula is C15H18N2O. The number of pyridine rings is 1. The molecule has 3 heteroatoms. The smallest absolute Gasteiger partial charge is 0.0963 e. The average molecular weight is 242 g/mol. The van der Waals surface area contributed by atoms with Gasteiger partial charge in [0, 0.05) is 23.2 Å². The van der Waals surface area contributed by atoms with Crippen LogP contribution in [-0.4, -0.2) is 16.6 Å². The molecule has 94 valence electrons. The summed E-state index contributed by atoms with van der Waals surface area (Å²) in [6.07, 6.45) is 2.46. The minimum atomic E-state index is -0.407. The van der Waals surface area contributed by atoms with Crippen LogP contribution in [-0.2, 0) is 6.42 Å². The highest BCUT2D eigenvalue weighted by Crippen LogP contribution is 2.37. The van der Waals surface area contributed by atoms with Crippen molar-refractivity contribution >= 4 is 16.6 Å². The van der Waals surface area contributed by atoms with Crippen LogP contribution in [0.1, 0.15) is 37.1 Å². The summed E-state index contributed by atoms with van der Waals surface area (Å²) in [4.78, 5) is 4.65. The van der Waals surface area contributed by atoms with E-state index in [4.69, 9.17) is 0 Å². The van der Waals surface area contributed by atoms with Crippen LogP contribution in [0.2, 0.25) is 0 Å². The second-order valence-corrected chi connectivity index (χ2v) is 4.81. The largest absolute Gasteiger partial charge is 0.387 e. The molecule has 0 saturated heterocycles. The number of benzene rings is 1. The molecule has 2 N–H and O–H groups in total. The quantitative estimate of drug-likeness (QED) is 0.850. The second kappa shape index (κ2) is 4.58. The van der Waals surface area contributed by atoms with E-state index in [1.54, 1.807) is 0 Å². The van der Waals surface area contributed by atoms with E-state index in [0.717, 1.165) is 48.1 Å². The molecule has 1 aromatic heterocycles. The zero-order valence-electron chi connectivity index (χ0n) is 10.6. The van der Waals surface area contributed by atoms with Crippen molar-refractivity contribution in [2.45, 2.75) is 32.3 Å². The van der Waals surface area contributed by atoms with E-state index < -0.39 is 6.10 Å². The molecule has 1 aliphatic rings. The topological polar surface area (TPSA) is 45.2 Å². The van der Waals surface area contributed by atoms with Gasteiger partial charge in [0.1, 0.15) is 0 Å². The first-order chi connectivity index (χ1) is 8.81. The molecule has 3 nitrogen and oxygen atoms in total. The monoisotopic (exact) mass is 242 g/mol. The van der Waals surface area contributed by atoms with Crippen molar-refractivity contribution in [3.8, 4) is 0 Å². The molecule has 0 saturated carbocycles. The first kappa shape index (κ1) is 11.5. The Morgan fingerprint density at radius 1 is 1.39 bits per heavy atom. The van der Waals surface area contributed by atoms with E-state index in [-0.39, 0.29) is 0 Å². The van der Waals surface area contributed by atoms with E-state index in [1.807, 2.05) is 18.2 Å². The molecule has 1 unspecified atom stereocenters. The number of aliphatic hydroxyl groups is 1. The number of aliphatic hydroxyl groups excluding tert-OH is 1. The molecule has 2 aromatic rings. The van der Waals surface area contributed by atoms with Crippen molar-refractivity contribution in [3.63, 3.8) is 0 Å². The number of rotatable bonds is 2. The van der Waals surface area contributed by atoms with E-state index in [1.165, 1.54) is 5.56 Å². The minimum Gasteiger partial charge on any atom is -0.387 e. The van der Waals surface area contributed by atoms with Crippen molar-refractivity contribution in [2.75, 3.05) is 11.9 Å². The molecule has 0 bridgehead atoms. The summed E-state index contributed by atoms with van der Waals surface area (Å²) in [5.41, 5.74) is 4.20. The molecule has 1 aliphatic carbocycles. The Balaban J connectivity index is 2.30. The van der Waals surface area contributed by atoms with E-state index in [9.17, 15) is 5.11 Å². The van der Waals surface area contributed by atoms with Gasteiger partial charge < -0.3 is 10.4 Å². The first-order valence-electron chi connectivity index (χ1n) is 6.64. The number of hydrogen-bond donors (Lipinski definition) is 2. The molecule has 0 radical (unpaired) electrons. The minimum absolute atomic E-state index is 0.407. The van der Waals surface area contributed by atoms with Gasteiger partial charge in [-0.2, -0.15) is 0 Å². The van der Waals surface area contributed by atoms with E-state index >= 15 is 0 Å². The van der Waals surface area contributed by atoms with Gasteiger partial charge in [0.15, 0.2) is 0 Å². The Hall–Kier alpha value is -1.61. The number of nitrogens with one attached hydrogen (secondary N) is 1. The van der Waals surface area contributed by atoms with Crippen molar-refractivity contribution < 1.29 is 5.11 Å². The van der Waals surface area contributed by atoms with Crippen LogP contribution >= 0.6 is 0 Å². The molecule has 1 atom stereocenters. The number of aromatic nitrogens is 1. The zero-order valence-corrected chi connectivity index (χ0v) is 10.6. The molecule has 0 spiro atoms. The lowest BCUT2D eigenvalue weighted by Gasteiger charge is -2.24. The zero-order chi connectivity index (χ0) is 12.5. The molecule has 1 aromatic carbocycles. The summed E-state index contributed by atoms with van der Waals surface area (Å²) < 4.78 is 0. The normalized spacial score (nSPS) is 18.7. The van der Waals surface area contributed by atoms with Gasteiger partial charge >= 0.3 is 0 Å². The molecule has 3 rings (SSSR count). The highest BCUT2D eigenvalue weighted by atomic mass is 16.3. The van der Waals surface area contributed by atoms with Gasteiger partial charge in [-0.15, -0.1) is 0 Å². The van der Waals surface area contributed by atoms with Crippen LogP contribution < -0.4 is 5.32 Å². The van der Waals surface area contributed by atoms with Crippen LogP contribution in [0.25, 0.3) is 10.9 Å². The van der Waals surface area contributed by atoms with Gasteiger partial charge in [-0.3, -0.25) is 0 Å². The summed E-state index contributed by atoms with van der Waals surface area (Å²) >= 11 is 0. The summed E-state index contributed by atoms with van der Waals surface area (Å²) in [5.74, 6) is 0. The van der Waals surface area contributed by atoms with Crippen molar-refractivity contribution in [1.29, 1.82) is 0 Å². The molecular weight excluding hydrogens is 224 g/mol. The molecule has 0 amide bonds. The highest BCUT2D eigenvalue weighted by molar-refractivity contribution is 5.93. The third-order valence-electron chi connectivity index (χ3n) is 3.60. The molecule has 0 aliphatic heterocycles. The van der Waals surface area contributed by atoms with Gasteiger partial charge in [0.2, 0.25) is 0 Å². The summed E-state index contributed by atoms with van der Waals surface area (Å²) in [7, 11) is 0. The van der Waals surface area contributed by atoms with Gasteiger partial charge in [-0.05, 0) is 32.3 Å². The third kappa shape index (κ3) is 1.75. The maximum atomic E-state index is 10.1. The van der Waals surface area contributed by atoms with Crippen molar-refractivity contribution in [1.82, 2.24) is 4.98 Å². The van der Waals surface area contributed by atoms with Gasteiger partial charge in [0.25, 0.3) is 0 Å². The SMILES string of the molecule is CCNc1c2c(nc3ccccc13)C(O)CCC2. The lowest BCUT2D eigenvalue weighted by atomic mass is 9.91. The maximum Gasteiger partial charge on any atom is 0.0963 e. The maximum absolute atomic E-state index is 10.1. The van der Waals surface area contributed by atoms with Gasteiger partial charge in [-0.1, -0.05) is 18.2 Å². The van der Waals surface area contributed by atoms with Crippen LogP contribution in [0.15, 0.2) is 24.3 Å². The number of fused-ring (bicyclic) bond motifs is 2. The predicted molar refractivity (Wildman–Crippen MR) is 73.8 cm³/mol. The first-order valence-corrected chi connectivity index (χ1v) is 6.64. The molecule has 1 heterocycles. The number of hydrogen-bond acceptors (Lipinski definition) is 3. The Kier molecular flexibility index (Phi) is 2.92. The Labute approximate surface area is 107 Å². The summed E-state index contributed by atoms with van der Waals surface area (Å²) in [6.45, 7) is 2.98. The fraction of sp³-hybridized carbons (Fsp3) is 0.400. The standard InChI is InChI=1S/C15H18N2O/c1-2-16-14-10-6-3-4-8-12(10)17-15-11(14)7-5-9-13(15)18/h3-4,6,8,13,18H,2,5,7,9H2,1H3,(H,16,17). The third-order valence-corrected chi connectivity index (χ3v) is 3.60. The number of para-hydroxylation sites is 1. The van der Waals surface area contributed by atoms with Crippen molar-refractivity contribution in [2.24, 2.45) is 0 Å². The van der Waals surface area contributed by atoms with Crippen molar-refractivity contribution in [3.05, 3.63) is 35.5 Å². The molecule has 18 heavy (non-hydrogen) atoms. The lowest BCUT2D eigenvalue weighted by molar-refractivity contribution is 0.152. The number of nitrogens with zero attached hydrogens (tertiary/aromatic N) is 1. The Morgan fingerprint density at radius 2 is 2.22 bits per heavy atom. The Bertz CT molecular complexity index is 580. The average Bonchev–Trinajstić information content (AvgIpc) is 2.40.